The quantitative estimate of drug-likeness (QED) is 0.740. The number of sulfone groups is 1. The molecule has 4 heteroatoms. The minimum Gasteiger partial charge on any atom is -0.293 e. The van der Waals surface area contributed by atoms with Crippen molar-refractivity contribution in [1.82, 2.24) is 0 Å². The van der Waals surface area contributed by atoms with E-state index in [4.69, 9.17) is 0 Å². The van der Waals surface area contributed by atoms with Crippen molar-refractivity contribution in [2.24, 2.45) is 0 Å². The molecular weight excluding hydrogens is 224 g/mol. The lowest BCUT2D eigenvalue weighted by Crippen LogP contribution is -2.19. The third kappa shape index (κ3) is 3.45. The van der Waals surface area contributed by atoms with Gasteiger partial charge in [0.05, 0.1) is 5.75 Å². The molecular formula is C12H16O3S. The van der Waals surface area contributed by atoms with Crippen LogP contribution in [0.5, 0.6) is 0 Å². The highest BCUT2D eigenvalue weighted by molar-refractivity contribution is 7.92. The normalized spacial score (nSPS) is 11.4. The van der Waals surface area contributed by atoms with Gasteiger partial charge in [-0.3, -0.25) is 4.79 Å². The molecule has 0 fully saturated rings. The van der Waals surface area contributed by atoms with Gasteiger partial charge in [0.2, 0.25) is 0 Å². The van der Waals surface area contributed by atoms with Gasteiger partial charge in [-0.1, -0.05) is 31.2 Å². The molecule has 0 radical (unpaired) electrons. The Morgan fingerprint density at radius 2 is 1.88 bits per heavy atom. The van der Waals surface area contributed by atoms with E-state index in [1.54, 1.807) is 32.0 Å². The highest BCUT2D eigenvalue weighted by Crippen LogP contribution is 2.09. The maximum absolute atomic E-state index is 11.8. The molecule has 0 spiro atoms. The van der Waals surface area contributed by atoms with Crippen LogP contribution in [0.25, 0.3) is 0 Å². The lowest BCUT2D eigenvalue weighted by Gasteiger charge is -2.05. The second-order valence-electron chi connectivity index (χ2n) is 3.83. The van der Waals surface area contributed by atoms with E-state index in [1.165, 1.54) is 0 Å². The van der Waals surface area contributed by atoms with Crippen LogP contribution in [0.4, 0.5) is 0 Å². The molecule has 0 bridgehead atoms. The van der Waals surface area contributed by atoms with Crippen LogP contribution in [0.1, 0.15) is 29.3 Å². The van der Waals surface area contributed by atoms with E-state index in [9.17, 15) is 13.2 Å². The second kappa shape index (κ2) is 5.25. The Morgan fingerprint density at radius 1 is 1.25 bits per heavy atom. The number of carbonyl (C=O) groups is 1. The Kier molecular flexibility index (Phi) is 4.24. The summed E-state index contributed by atoms with van der Waals surface area (Å²) in [6, 6.07) is 7.04. The highest BCUT2D eigenvalue weighted by Gasteiger charge is 2.17. The standard InChI is InChI=1S/C12H16O3S/c1-3-8-16(14,15)9-12(13)11-7-5-4-6-10(11)2/h4-7H,3,8-9H2,1-2H3. The summed E-state index contributed by atoms with van der Waals surface area (Å²) in [7, 11) is -3.25. The minimum absolute atomic E-state index is 0.0740. The molecule has 0 amide bonds. The summed E-state index contributed by atoms with van der Waals surface area (Å²) in [6.07, 6.45) is 0.545. The first-order chi connectivity index (χ1) is 7.46. The van der Waals surface area contributed by atoms with E-state index in [0.29, 0.717) is 12.0 Å². The number of hydrogen-bond acceptors (Lipinski definition) is 3. The third-order valence-corrected chi connectivity index (χ3v) is 4.04. The zero-order valence-electron chi connectivity index (χ0n) is 9.56. The van der Waals surface area contributed by atoms with Crippen LogP contribution in [0.2, 0.25) is 0 Å². The Morgan fingerprint density at radius 3 is 2.44 bits per heavy atom. The number of rotatable bonds is 5. The minimum atomic E-state index is -3.25. The van der Waals surface area contributed by atoms with Crippen molar-refractivity contribution in [2.75, 3.05) is 11.5 Å². The number of aryl methyl sites for hydroxylation is 1. The van der Waals surface area contributed by atoms with Crippen molar-refractivity contribution in [1.29, 1.82) is 0 Å². The topological polar surface area (TPSA) is 51.2 Å². The van der Waals surface area contributed by atoms with E-state index >= 15 is 0 Å². The number of benzene rings is 1. The number of ketones is 1. The van der Waals surface area contributed by atoms with Crippen LogP contribution in [0, 0.1) is 6.92 Å². The first-order valence-corrected chi connectivity index (χ1v) is 7.07. The highest BCUT2D eigenvalue weighted by atomic mass is 32.2. The van der Waals surface area contributed by atoms with Gasteiger partial charge in [-0.25, -0.2) is 8.42 Å². The fourth-order valence-corrected chi connectivity index (χ4v) is 2.87. The first kappa shape index (κ1) is 12.9. The number of Topliss-reactive ketones (excluding diaryl/α,β-unsaturated/α-hetero) is 1. The van der Waals surface area contributed by atoms with Gasteiger partial charge in [0.25, 0.3) is 0 Å². The molecule has 0 unspecified atom stereocenters. The van der Waals surface area contributed by atoms with E-state index in [-0.39, 0.29) is 17.3 Å². The molecule has 0 atom stereocenters. The van der Waals surface area contributed by atoms with Crippen molar-refractivity contribution in [3.8, 4) is 0 Å². The lowest BCUT2D eigenvalue weighted by atomic mass is 10.1. The monoisotopic (exact) mass is 240 g/mol. The molecule has 1 aromatic carbocycles. The Bertz CT molecular complexity index is 475. The average Bonchev–Trinajstić information content (AvgIpc) is 2.17. The van der Waals surface area contributed by atoms with Crippen LogP contribution >= 0.6 is 0 Å². The molecule has 16 heavy (non-hydrogen) atoms. The van der Waals surface area contributed by atoms with E-state index < -0.39 is 9.84 Å². The molecule has 1 rings (SSSR count). The molecule has 0 aliphatic rings. The maximum atomic E-state index is 11.8. The summed E-state index contributed by atoms with van der Waals surface area (Å²) in [5, 5.41) is 0. The molecule has 0 aliphatic carbocycles. The molecule has 3 nitrogen and oxygen atoms in total. The van der Waals surface area contributed by atoms with Crippen molar-refractivity contribution < 1.29 is 13.2 Å². The summed E-state index contributed by atoms with van der Waals surface area (Å²) >= 11 is 0. The van der Waals surface area contributed by atoms with Crippen LogP contribution < -0.4 is 0 Å². The molecule has 0 saturated heterocycles. The van der Waals surface area contributed by atoms with Crippen LogP contribution in [-0.2, 0) is 9.84 Å². The molecule has 88 valence electrons. The maximum Gasteiger partial charge on any atom is 0.178 e. The van der Waals surface area contributed by atoms with Crippen LogP contribution in [0.3, 0.4) is 0 Å². The van der Waals surface area contributed by atoms with Crippen LogP contribution in [0.15, 0.2) is 24.3 Å². The Hall–Kier alpha value is -1.16. The summed E-state index contributed by atoms with van der Waals surface area (Å²) in [4.78, 5) is 11.8. The molecule has 1 aromatic rings. The fraction of sp³-hybridized carbons (Fsp3) is 0.417. The summed E-state index contributed by atoms with van der Waals surface area (Å²) in [6.45, 7) is 3.59. The predicted molar refractivity (Wildman–Crippen MR) is 64.5 cm³/mol. The van der Waals surface area contributed by atoms with E-state index in [1.807, 2.05) is 6.07 Å². The van der Waals surface area contributed by atoms with E-state index in [0.717, 1.165) is 5.56 Å². The molecule has 0 N–H and O–H groups in total. The van der Waals surface area contributed by atoms with E-state index in [2.05, 4.69) is 0 Å². The van der Waals surface area contributed by atoms with Gasteiger partial charge in [-0.05, 0) is 18.9 Å². The Labute approximate surface area is 96.4 Å². The fourth-order valence-electron chi connectivity index (χ4n) is 1.55. The van der Waals surface area contributed by atoms with Crippen molar-refractivity contribution in [3.05, 3.63) is 35.4 Å². The van der Waals surface area contributed by atoms with Gasteiger partial charge >= 0.3 is 0 Å². The SMILES string of the molecule is CCCS(=O)(=O)CC(=O)c1ccccc1C. The largest absolute Gasteiger partial charge is 0.293 e. The third-order valence-electron chi connectivity index (χ3n) is 2.31. The van der Waals surface area contributed by atoms with Crippen molar-refractivity contribution in [2.45, 2.75) is 20.3 Å². The van der Waals surface area contributed by atoms with Gasteiger partial charge < -0.3 is 0 Å². The molecule has 0 saturated carbocycles. The summed E-state index contributed by atoms with van der Waals surface area (Å²) in [5.41, 5.74) is 1.32. The summed E-state index contributed by atoms with van der Waals surface area (Å²) in [5.74, 6) is -0.623. The van der Waals surface area contributed by atoms with Gasteiger partial charge in [0.1, 0.15) is 5.75 Å². The van der Waals surface area contributed by atoms with Gasteiger partial charge in [-0.2, -0.15) is 0 Å². The smallest absolute Gasteiger partial charge is 0.178 e. The first-order valence-electron chi connectivity index (χ1n) is 5.25. The van der Waals surface area contributed by atoms with Crippen molar-refractivity contribution >= 4 is 15.6 Å². The van der Waals surface area contributed by atoms with Crippen molar-refractivity contribution in [3.63, 3.8) is 0 Å². The Balaban J connectivity index is 2.85. The summed E-state index contributed by atoms with van der Waals surface area (Å²) < 4.78 is 23.0. The average molecular weight is 240 g/mol. The number of hydrogen-bond donors (Lipinski definition) is 0. The predicted octanol–water partition coefficient (Wildman–Crippen LogP) is 2.00. The van der Waals surface area contributed by atoms with Crippen LogP contribution in [-0.4, -0.2) is 25.7 Å². The van der Waals surface area contributed by atoms with Gasteiger partial charge in [0, 0.05) is 5.56 Å². The molecule has 0 aliphatic heterocycles. The molecule has 0 heterocycles. The zero-order valence-corrected chi connectivity index (χ0v) is 10.4. The number of carbonyl (C=O) groups excluding carboxylic acids is 1. The zero-order chi connectivity index (χ0) is 12.2. The van der Waals surface area contributed by atoms with Gasteiger partial charge in [-0.15, -0.1) is 0 Å². The second-order valence-corrected chi connectivity index (χ2v) is 6.01. The van der Waals surface area contributed by atoms with Gasteiger partial charge in [0.15, 0.2) is 15.6 Å². The lowest BCUT2D eigenvalue weighted by molar-refractivity contribution is 0.102. The molecule has 0 aromatic heterocycles.